The number of methoxy groups -OCH3 is 1. The molecule has 0 bridgehead atoms. The summed E-state index contributed by atoms with van der Waals surface area (Å²) in [7, 11) is 1.28. The van der Waals surface area contributed by atoms with Gasteiger partial charge in [-0.2, -0.15) is 0 Å². The number of hydrogen-bond acceptors (Lipinski definition) is 4. The molecule has 5 nitrogen and oxygen atoms in total. The van der Waals surface area contributed by atoms with E-state index < -0.39 is 12.0 Å². The number of nitrogens with zero attached hydrogens (tertiary/aromatic N) is 1. The van der Waals surface area contributed by atoms with E-state index in [1.165, 1.54) is 19.5 Å². The fourth-order valence-corrected chi connectivity index (χ4v) is 1.02. The lowest BCUT2D eigenvalue weighted by Gasteiger charge is -2.10. The molecule has 0 aliphatic heterocycles. The summed E-state index contributed by atoms with van der Waals surface area (Å²) in [6.45, 7) is 1.56. The van der Waals surface area contributed by atoms with E-state index in [2.05, 4.69) is 15.0 Å². The van der Waals surface area contributed by atoms with Crippen LogP contribution >= 0.6 is 0 Å². The van der Waals surface area contributed by atoms with Crippen LogP contribution in [0.15, 0.2) is 24.5 Å². The maximum atomic E-state index is 11.5. The Morgan fingerprint density at radius 1 is 1.40 bits per heavy atom. The quantitative estimate of drug-likeness (QED) is 0.729. The summed E-state index contributed by atoms with van der Waals surface area (Å²) in [4.78, 5) is 26.3. The Balaban J connectivity index is 2.61. The normalized spacial score (nSPS) is 11.6. The predicted molar refractivity (Wildman–Crippen MR) is 53.2 cm³/mol. The highest BCUT2D eigenvalue weighted by atomic mass is 16.5. The second-order valence-electron chi connectivity index (χ2n) is 2.95. The third kappa shape index (κ3) is 3.05. The molecule has 0 aliphatic carbocycles. The van der Waals surface area contributed by atoms with E-state index in [1.54, 1.807) is 19.1 Å². The third-order valence-electron chi connectivity index (χ3n) is 1.84. The van der Waals surface area contributed by atoms with Gasteiger partial charge >= 0.3 is 5.97 Å². The number of esters is 1. The lowest BCUT2D eigenvalue weighted by atomic mass is 10.2. The van der Waals surface area contributed by atoms with Crippen LogP contribution in [0.1, 0.15) is 17.3 Å². The summed E-state index contributed by atoms with van der Waals surface area (Å²) < 4.78 is 4.48. The van der Waals surface area contributed by atoms with Crippen LogP contribution in [-0.4, -0.2) is 30.0 Å². The Bertz CT molecular complexity index is 351. The van der Waals surface area contributed by atoms with Crippen LogP contribution in [0.3, 0.4) is 0 Å². The highest BCUT2D eigenvalue weighted by molar-refractivity contribution is 5.96. The van der Waals surface area contributed by atoms with Gasteiger partial charge in [-0.25, -0.2) is 4.79 Å². The zero-order valence-corrected chi connectivity index (χ0v) is 8.56. The van der Waals surface area contributed by atoms with Gasteiger partial charge in [-0.15, -0.1) is 0 Å². The average Bonchev–Trinajstić information content (AvgIpc) is 2.29. The molecule has 1 amide bonds. The first-order valence-electron chi connectivity index (χ1n) is 4.44. The van der Waals surface area contributed by atoms with Gasteiger partial charge < -0.3 is 10.1 Å². The van der Waals surface area contributed by atoms with Crippen molar-refractivity contribution in [2.75, 3.05) is 7.11 Å². The van der Waals surface area contributed by atoms with Crippen molar-refractivity contribution in [2.45, 2.75) is 13.0 Å². The molecule has 15 heavy (non-hydrogen) atoms. The maximum absolute atomic E-state index is 11.5. The first-order valence-corrected chi connectivity index (χ1v) is 4.44. The zero-order valence-electron chi connectivity index (χ0n) is 8.56. The summed E-state index contributed by atoms with van der Waals surface area (Å²) in [5.41, 5.74) is 0.459. The van der Waals surface area contributed by atoms with Crippen LogP contribution in [0.5, 0.6) is 0 Å². The number of amides is 1. The largest absolute Gasteiger partial charge is 0.467 e. The number of carbonyl (C=O) groups excluding carboxylic acids is 2. The van der Waals surface area contributed by atoms with Gasteiger partial charge in [0.05, 0.1) is 7.11 Å². The fourth-order valence-electron chi connectivity index (χ4n) is 1.02. The van der Waals surface area contributed by atoms with Gasteiger partial charge in [0.15, 0.2) is 0 Å². The van der Waals surface area contributed by atoms with E-state index >= 15 is 0 Å². The molecule has 1 aromatic heterocycles. The molecule has 0 aromatic carbocycles. The topological polar surface area (TPSA) is 68.3 Å². The predicted octanol–water partition coefficient (Wildman–Crippen LogP) is 0.373. The van der Waals surface area contributed by atoms with E-state index in [-0.39, 0.29) is 5.91 Å². The minimum Gasteiger partial charge on any atom is -0.467 e. The summed E-state index contributed by atoms with van der Waals surface area (Å²) >= 11 is 0. The number of nitrogens with one attached hydrogen (secondary N) is 1. The van der Waals surface area contributed by atoms with Gasteiger partial charge in [-0.05, 0) is 19.1 Å². The molecule has 0 saturated heterocycles. The molecular formula is C10H12N2O3. The molecule has 0 radical (unpaired) electrons. The van der Waals surface area contributed by atoms with E-state index in [0.29, 0.717) is 5.56 Å². The van der Waals surface area contributed by atoms with Crippen molar-refractivity contribution in [3.63, 3.8) is 0 Å². The average molecular weight is 208 g/mol. The molecule has 0 fully saturated rings. The van der Waals surface area contributed by atoms with Crippen LogP contribution < -0.4 is 5.32 Å². The van der Waals surface area contributed by atoms with E-state index in [0.717, 1.165) is 0 Å². The number of rotatable bonds is 3. The van der Waals surface area contributed by atoms with Gasteiger partial charge in [-0.3, -0.25) is 9.78 Å². The molecule has 1 heterocycles. The first-order chi connectivity index (χ1) is 7.15. The molecule has 1 aromatic rings. The Labute approximate surface area is 87.5 Å². The summed E-state index contributed by atoms with van der Waals surface area (Å²) in [5, 5.41) is 2.51. The molecular weight excluding hydrogens is 196 g/mol. The minimum absolute atomic E-state index is 0.324. The number of ether oxygens (including phenoxy) is 1. The molecule has 1 N–H and O–H groups in total. The maximum Gasteiger partial charge on any atom is 0.328 e. The smallest absolute Gasteiger partial charge is 0.328 e. The Hall–Kier alpha value is -1.91. The van der Waals surface area contributed by atoms with Crippen LogP contribution in [0.25, 0.3) is 0 Å². The summed E-state index contributed by atoms with van der Waals surface area (Å²) in [5.74, 6) is -0.798. The van der Waals surface area contributed by atoms with Crippen molar-refractivity contribution in [1.29, 1.82) is 0 Å². The third-order valence-corrected chi connectivity index (χ3v) is 1.84. The lowest BCUT2D eigenvalue weighted by Crippen LogP contribution is -2.39. The van der Waals surface area contributed by atoms with Crippen LogP contribution in [0, 0.1) is 0 Å². The highest BCUT2D eigenvalue weighted by Crippen LogP contribution is 1.97. The molecule has 0 aliphatic rings. The van der Waals surface area contributed by atoms with E-state index in [4.69, 9.17) is 0 Å². The Morgan fingerprint density at radius 2 is 2.00 bits per heavy atom. The molecule has 1 rings (SSSR count). The highest BCUT2D eigenvalue weighted by Gasteiger charge is 2.16. The van der Waals surface area contributed by atoms with Gasteiger partial charge in [0.25, 0.3) is 5.91 Å². The van der Waals surface area contributed by atoms with Gasteiger partial charge in [-0.1, -0.05) is 0 Å². The molecule has 5 heteroatoms. The molecule has 0 spiro atoms. The monoisotopic (exact) mass is 208 g/mol. The Kier molecular flexibility index (Phi) is 3.79. The second kappa shape index (κ2) is 5.09. The minimum atomic E-state index is -0.657. The van der Waals surface area contributed by atoms with Gasteiger partial charge in [0.1, 0.15) is 6.04 Å². The number of hydrogen-bond donors (Lipinski definition) is 1. The summed E-state index contributed by atoms with van der Waals surface area (Å²) in [6, 6.07) is 2.48. The zero-order chi connectivity index (χ0) is 11.3. The van der Waals surface area contributed by atoms with E-state index in [9.17, 15) is 9.59 Å². The van der Waals surface area contributed by atoms with E-state index in [1.807, 2.05) is 0 Å². The molecule has 80 valence electrons. The second-order valence-corrected chi connectivity index (χ2v) is 2.95. The van der Waals surface area contributed by atoms with Gasteiger partial charge in [0, 0.05) is 18.0 Å². The first kappa shape index (κ1) is 11.2. The van der Waals surface area contributed by atoms with Crippen molar-refractivity contribution < 1.29 is 14.3 Å². The molecule has 0 saturated carbocycles. The molecule has 0 unspecified atom stereocenters. The fraction of sp³-hybridized carbons (Fsp3) is 0.300. The van der Waals surface area contributed by atoms with Gasteiger partial charge in [0.2, 0.25) is 0 Å². The SMILES string of the molecule is COC(=O)[C@H](C)NC(=O)c1ccncc1. The number of aromatic nitrogens is 1. The van der Waals surface area contributed by atoms with Crippen molar-refractivity contribution in [2.24, 2.45) is 0 Å². The Morgan fingerprint density at radius 3 is 2.53 bits per heavy atom. The van der Waals surface area contributed by atoms with Crippen LogP contribution in [0.2, 0.25) is 0 Å². The van der Waals surface area contributed by atoms with Crippen molar-refractivity contribution >= 4 is 11.9 Å². The van der Waals surface area contributed by atoms with Crippen molar-refractivity contribution in [3.8, 4) is 0 Å². The van der Waals surface area contributed by atoms with Crippen molar-refractivity contribution in [1.82, 2.24) is 10.3 Å². The standard InChI is InChI=1S/C10H12N2O3/c1-7(10(14)15-2)12-9(13)8-3-5-11-6-4-8/h3-7H,1-2H3,(H,12,13)/t7-/m0/s1. The van der Waals surface area contributed by atoms with Crippen LogP contribution in [0.4, 0.5) is 0 Å². The number of carbonyl (C=O) groups is 2. The van der Waals surface area contributed by atoms with Crippen molar-refractivity contribution in [3.05, 3.63) is 30.1 Å². The molecule has 1 atom stereocenters. The number of pyridine rings is 1. The van der Waals surface area contributed by atoms with Crippen LogP contribution in [-0.2, 0) is 9.53 Å². The summed E-state index contributed by atoms with van der Waals surface area (Å²) in [6.07, 6.45) is 3.02. The lowest BCUT2D eigenvalue weighted by molar-refractivity contribution is -0.142.